The Bertz CT molecular complexity index is 275. The maximum absolute atomic E-state index is 11.0. The van der Waals surface area contributed by atoms with Gasteiger partial charge >= 0.3 is 5.97 Å². The number of carboxylic acid groups (broad SMARTS) is 1. The van der Waals surface area contributed by atoms with Crippen LogP contribution in [0.2, 0.25) is 0 Å². The number of fused-ring (bicyclic) bond motifs is 1. The second-order valence-electron chi connectivity index (χ2n) is 5.43. The molecule has 1 aliphatic heterocycles. The van der Waals surface area contributed by atoms with E-state index in [2.05, 4.69) is 4.90 Å². The molecule has 3 heteroatoms. The van der Waals surface area contributed by atoms with E-state index in [-0.39, 0.29) is 5.92 Å². The van der Waals surface area contributed by atoms with E-state index >= 15 is 0 Å². The number of hydrogen-bond acceptors (Lipinski definition) is 2. The minimum absolute atomic E-state index is 0.0643. The van der Waals surface area contributed by atoms with Crippen LogP contribution in [0, 0.1) is 11.8 Å². The summed E-state index contributed by atoms with van der Waals surface area (Å²) >= 11 is 0. The molecule has 3 atom stereocenters. The highest BCUT2D eigenvalue weighted by atomic mass is 16.4. The van der Waals surface area contributed by atoms with Gasteiger partial charge in [0.15, 0.2) is 0 Å². The average molecular weight is 209 g/mol. The third-order valence-electron chi connectivity index (χ3n) is 4.51. The zero-order chi connectivity index (χ0) is 10.4. The van der Waals surface area contributed by atoms with Crippen molar-refractivity contribution in [2.24, 2.45) is 11.8 Å². The highest BCUT2D eigenvalue weighted by Gasteiger charge is 2.45. The molecule has 1 heterocycles. The molecule has 0 bridgehead atoms. The summed E-state index contributed by atoms with van der Waals surface area (Å²) in [5, 5.41) is 9.08. The summed E-state index contributed by atoms with van der Waals surface area (Å²) in [5.41, 5.74) is 0. The number of aliphatic carboxylic acids is 1. The number of nitrogens with zero attached hydrogens (tertiary/aromatic N) is 1. The van der Waals surface area contributed by atoms with E-state index in [1.54, 1.807) is 0 Å². The molecule has 0 amide bonds. The SMILES string of the molecule is O=C(O)C1CCC2CCN(C3CC3)C2C1. The van der Waals surface area contributed by atoms with E-state index in [1.165, 1.54) is 25.8 Å². The smallest absolute Gasteiger partial charge is 0.306 e. The number of rotatable bonds is 2. The topological polar surface area (TPSA) is 40.5 Å². The fourth-order valence-electron chi connectivity index (χ4n) is 3.52. The monoisotopic (exact) mass is 209 g/mol. The number of carboxylic acids is 1. The molecule has 84 valence electrons. The highest BCUT2D eigenvalue weighted by Crippen LogP contribution is 2.43. The lowest BCUT2D eigenvalue weighted by Gasteiger charge is -2.34. The molecule has 3 nitrogen and oxygen atoms in total. The van der Waals surface area contributed by atoms with Gasteiger partial charge in [0.2, 0.25) is 0 Å². The highest BCUT2D eigenvalue weighted by molar-refractivity contribution is 5.70. The second kappa shape index (κ2) is 3.48. The summed E-state index contributed by atoms with van der Waals surface area (Å²) in [6.07, 6.45) is 6.98. The molecule has 1 N–H and O–H groups in total. The lowest BCUT2D eigenvalue weighted by atomic mass is 9.78. The largest absolute Gasteiger partial charge is 0.481 e. The first kappa shape index (κ1) is 9.64. The fraction of sp³-hybridized carbons (Fsp3) is 0.917. The minimum atomic E-state index is -0.573. The summed E-state index contributed by atoms with van der Waals surface area (Å²) in [4.78, 5) is 13.6. The summed E-state index contributed by atoms with van der Waals surface area (Å²) < 4.78 is 0. The van der Waals surface area contributed by atoms with Crippen molar-refractivity contribution in [3.8, 4) is 0 Å². The van der Waals surface area contributed by atoms with Gasteiger partial charge in [-0.3, -0.25) is 9.69 Å². The van der Waals surface area contributed by atoms with Gasteiger partial charge in [0.05, 0.1) is 5.92 Å². The standard InChI is InChI=1S/C12H19NO2/c14-12(15)9-2-1-8-5-6-13(10-3-4-10)11(8)7-9/h8-11H,1-7H2,(H,14,15). The van der Waals surface area contributed by atoms with Crippen molar-refractivity contribution in [1.29, 1.82) is 0 Å². The molecule has 3 aliphatic rings. The molecule has 3 fully saturated rings. The Morgan fingerprint density at radius 1 is 1.13 bits per heavy atom. The molecule has 15 heavy (non-hydrogen) atoms. The number of likely N-dealkylation sites (tertiary alicyclic amines) is 1. The van der Waals surface area contributed by atoms with Crippen LogP contribution in [0.5, 0.6) is 0 Å². The quantitative estimate of drug-likeness (QED) is 0.753. The van der Waals surface area contributed by atoms with Crippen LogP contribution in [0.1, 0.15) is 38.5 Å². The molecule has 0 aromatic carbocycles. The molecule has 1 saturated heterocycles. The van der Waals surface area contributed by atoms with Gasteiger partial charge in [-0.25, -0.2) is 0 Å². The lowest BCUT2D eigenvalue weighted by molar-refractivity contribution is -0.143. The molecular formula is C12H19NO2. The fourth-order valence-corrected chi connectivity index (χ4v) is 3.52. The van der Waals surface area contributed by atoms with Gasteiger partial charge in [-0.2, -0.15) is 0 Å². The molecule has 2 aliphatic carbocycles. The summed E-state index contributed by atoms with van der Waals surface area (Å²) in [6, 6.07) is 1.42. The van der Waals surface area contributed by atoms with Gasteiger partial charge in [-0.05, 0) is 51.0 Å². The van der Waals surface area contributed by atoms with Crippen LogP contribution in [0.25, 0.3) is 0 Å². The van der Waals surface area contributed by atoms with E-state index in [0.29, 0.717) is 6.04 Å². The Morgan fingerprint density at radius 2 is 1.93 bits per heavy atom. The van der Waals surface area contributed by atoms with E-state index in [4.69, 9.17) is 5.11 Å². The van der Waals surface area contributed by atoms with Gasteiger partial charge in [-0.15, -0.1) is 0 Å². The van der Waals surface area contributed by atoms with Crippen molar-refractivity contribution in [2.75, 3.05) is 6.54 Å². The first-order valence-corrected chi connectivity index (χ1v) is 6.24. The number of hydrogen-bond donors (Lipinski definition) is 1. The zero-order valence-electron chi connectivity index (χ0n) is 9.06. The van der Waals surface area contributed by atoms with Crippen molar-refractivity contribution < 1.29 is 9.90 Å². The van der Waals surface area contributed by atoms with Crippen molar-refractivity contribution in [2.45, 2.75) is 50.6 Å². The van der Waals surface area contributed by atoms with Gasteiger partial charge < -0.3 is 5.11 Å². The van der Waals surface area contributed by atoms with Gasteiger partial charge in [0.1, 0.15) is 0 Å². The van der Waals surface area contributed by atoms with Gasteiger partial charge in [0, 0.05) is 12.1 Å². The van der Waals surface area contributed by atoms with Crippen LogP contribution in [0.4, 0.5) is 0 Å². The molecular weight excluding hydrogens is 190 g/mol. The molecule has 3 rings (SSSR count). The normalized spacial score (nSPS) is 41.5. The Balaban J connectivity index is 1.70. The predicted octanol–water partition coefficient (Wildman–Crippen LogP) is 1.72. The van der Waals surface area contributed by atoms with Crippen LogP contribution < -0.4 is 0 Å². The van der Waals surface area contributed by atoms with Crippen molar-refractivity contribution in [3.63, 3.8) is 0 Å². The maximum atomic E-state index is 11.0. The van der Waals surface area contributed by atoms with E-state index in [9.17, 15) is 4.79 Å². The maximum Gasteiger partial charge on any atom is 0.306 e. The number of carbonyl (C=O) groups is 1. The average Bonchev–Trinajstić information content (AvgIpc) is 2.98. The van der Waals surface area contributed by atoms with Crippen molar-refractivity contribution in [1.82, 2.24) is 4.90 Å². The summed E-state index contributed by atoms with van der Waals surface area (Å²) in [7, 11) is 0. The lowest BCUT2D eigenvalue weighted by Crippen LogP contribution is -2.40. The second-order valence-corrected chi connectivity index (χ2v) is 5.43. The molecule has 0 spiro atoms. The molecule has 0 aromatic rings. The predicted molar refractivity (Wildman–Crippen MR) is 56.6 cm³/mol. The first-order chi connectivity index (χ1) is 7.25. The third kappa shape index (κ3) is 1.67. The zero-order valence-corrected chi connectivity index (χ0v) is 9.06. The van der Waals surface area contributed by atoms with E-state index < -0.39 is 5.97 Å². The summed E-state index contributed by atoms with van der Waals surface area (Å²) in [6.45, 7) is 1.23. The van der Waals surface area contributed by atoms with Crippen LogP contribution in [-0.4, -0.2) is 34.6 Å². The Labute approximate surface area is 90.5 Å². The molecule has 0 aromatic heterocycles. The molecule has 0 radical (unpaired) electrons. The van der Waals surface area contributed by atoms with E-state index in [0.717, 1.165) is 31.2 Å². The van der Waals surface area contributed by atoms with Crippen LogP contribution in [0.15, 0.2) is 0 Å². The van der Waals surface area contributed by atoms with Crippen LogP contribution in [0.3, 0.4) is 0 Å². The third-order valence-corrected chi connectivity index (χ3v) is 4.51. The molecule has 3 unspecified atom stereocenters. The van der Waals surface area contributed by atoms with Gasteiger partial charge in [0.25, 0.3) is 0 Å². The van der Waals surface area contributed by atoms with Crippen LogP contribution >= 0.6 is 0 Å². The van der Waals surface area contributed by atoms with Crippen LogP contribution in [-0.2, 0) is 4.79 Å². The Kier molecular flexibility index (Phi) is 2.23. The van der Waals surface area contributed by atoms with Gasteiger partial charge in [-0.1, -0.05) is 0 Å². The first-order valence-electron chi connectivity index (χ1n) is 6.24. The minimum Gasteiger partial charge on any atom is -0.481 e. The summed E-state index contributed by atoms with van der Waals surface area (Å²) in [5.74, 6) is 0.169. The molecule has 2 saturated carbocycles. The Hall–Kier alpha value is -0.570. The van der Waals surface area contributed by atoms with Crippen molar-refractivity contribution >= 4 is 5.97 Å². The Morgan fingerprint density at radius 3 is 2.60 bits per heavy atom. The van der Waals surface area contributed by atoms with E-state index in [1.807, 2.05) is 0 Å². The van der Waals surface area contributed by atoms with Crippen molar-refractivity contribution in [3.05, 3.63) is 0 Å².